The fourth-order valence-electron chi connectivity index (χ4n) is 3.62. The lowest BCUT2D eigenvalue weighted by molar-refractivity contribution is 0.579. The van der Waals surface area contributed by atoms with Gasteiger partial charge in [-0.25, -0.2) is 18.5 Å². The number of rotatable bonds is 2. The van der Waals surface area contributed by atoms with E-state index >= 15 is 0 Å². The molecule has 2 N–H and O–H groups in total. The Hall–Kier alpha value is -2.97. The van der Waals surface area contributed by atoms with Crippen LogP contribution in [0.25, 0.3) is 5.69 Å². The number of hydrogen-bond donors (Lipinski definition) is 2. The number of aliphatic imine (C=N–C) groups is 1. The van der Waals surface area contributed by atoms with E-state index in [2.05, 4.69) is 25.6 Å². The van der Waals surface area contributed by atoms with Crippen molar-refractivity contribution >= 4 is 34.6 Å². The first kappa shape index (κ1) is 18.1. The molecule has 9 heteroatoms. The molecule has 5 rings (SSSR count). The molecule has 2 aliphatic rings. The molecule has 1 saturated heterocycles. The van der Waals surface area contributed by atoms with Gasteiger partial charge in [-0.15, -0.1) is 0 Å². The van der Waals surface area contributed by atoms with Gasteiger partial charge in [-0.2, -0.15) is 5.10 Å². The number of nitrogens with one attached hydrogen (secondary N) is 2. The second-order valence-corrected chi connectivity index (χ2v) is 7.26. The van der Waals surface area contributed by atoms with Crippen LogP contribution >= 0.6 is 11.6 Å². The maximum Gasteiger partial charge on any atom is 0.176 e. The normalized spacial score (nSPS) is 15.8. The van der Waals surface area contributed by atoms with Crippen LogP contribution in [-0.4, -0.2) is 41.8 Å². The molecule has 0 unspecified atom stereocenters. The maximum absolute atomic E-state index is 14.4. The molecule has 6 nitrogen and oxygen atoms in total. The third-order valence-electron chi connectivity index (χ3n) is 5.06. The number of aromatic nitrogens is 2. The van der Waals surface area contributed by atoms with E-state index in [0.29, 0.717) is 22.2 Å². The van der Waals surface area contributed by atoms with Gasteiger partial charge in [0.1, 0.15) is 22.5 Å². The zero-order chi connectivity index (χ0) is 20.0. The zero-order valence-corrected chi connectivity index (χ0v) is 16.0. The lowest BCUT2D eigenvalue weighted by Crippen LogP contribution is -2.43. The molecular formula is C20H17ClF2N6. The van der Waals surface area contributed by atoms with Gasteiger partial charge in [-0.3, -0.25) is 0 Å². The molecular weight excluding hydrogens is 398 g/mol. The highest BCUT2D eigenvalue weighted by atomic mass is 35.5. The minimum atomic E-state index is -0.709. The highest BCUT2D eigenvalue weighted by Gasteiger charge is 2.24. The minimum Gasteiger partial charge on any atom is -0.369 e. The molecule has 0 atom stereocenters. The second-order valence-electron chi connectivity index (χ2n) is 6.85. The topological polar surface area (TPSA) is 57.5 Å². The van der Waals surface area contributed by atoms with Gasteiger partial charge in [0.05, 0.1) is 23.1 Å². The first-order chi connectivity index (χ1) is 14.1. The van der Waals surface area contributed by atoms with Crippen LogP contribution in [0.15, 0.2) is 47.6 Å². The Morgan fingerprint density at radius 1 is 1.03 bits per heavy atom. The van der Waals surface area contributed by atoms with Crippen LogP contribution in [0, 0.1) is 11.6 Å². The first-order valence-corrected chi connectivity index (χ1v) is 9.63. The van der Waals surface area contributed by atoms with Crippen molar-refractivity contribution < 1.29 is 8.78 Å². The second kappa shape index (κ2) is 7.13. The summed E-state index contributed by atoms with van der Waals surface area (Å²) < 4.78 is 30.4. The number of nitrogens with zero attached hydrogens (tertiary/aromatic N) is 4. The Morgan fingerprint density at radius 2 is 1.79 bits per heavy atom. The molecule has 29 heavy (non-hydrogen) atoms. The van der Waals surface area contributed by atoms with Gasteiger partial charge in [0, 0.05) is 31.9 Å². The van der Waals surface area contributed by atoms with Crippen molar-refractivity contribution in [3.8, 4) is 5.69 Å². The average molecular weight is 415 g/mol. The Morgan fingerprint density at radius 3 is 2.55 bits per heavy atom. The summed E-state index contributed by atoms with van der Waals surface area (Å²) in [5.74, 6) is -1.07. The molecule has 0 bridgehead atoms. The number of hydrogen-bond acceptors (Lipinski definition) is 5. The van der Waals surface area contributed by atoms with Gasteiger partial charge in [0.15, 0.2) is 5.82 Å². The number of halogens is 3. The predicted molar refractivity (Wildman–Crippen MR) is 110 cm³/mol. The van der Waals surface area contributed by atoms with Gasteiger partial charge in [-0.05, 0) is 30.3 Å². The van der Waals surface area contributed by atoms with E-state index < -0.39 is 11.6 Å². The molecule has 3 heterocycles. The number of piperazine rings is 1. The van der Waals surface area contributed by atoms with Crippen molar-refractivity contribution in [2.24, 2.45) is 4.99 Å². The number of benzene rings is 2. The molecule has 1 aromatic heterocycles. The Labute approximate surface area is 170 Å². The summed E-state index contributed by atoms with van der Waals surface area (Å²) in [4.78, 5) is 6.69. The summed E-state index contributed by atoms with van der Waals surface area (Å²) >= 11 is 6.29. The molecule has 0 spiro atoms. The van der Waals surface area contributed by atoms with Crippen molar-refractivity contribution in [2.45, 2.75) is 0 Å². The molecule has 148 valence electrons. The maximum atomic E-state index is 14.4. The number of anilines is 2. The van der Waals surface area contributed by atoms with E-state index in [1.165, 1.54) is 24.4 Å². The fraction of sp³-hybridized carbons (Fsp3) is 0.200. The van der Waals surface area contributed by atoms with Crippen LogP contribution in [-0.2, 0) is 0 Å². The molecule has 1 fully saturated rings. The first-order valence-electron chi connectivity index (χ1n) is 9.25. The fourth-order valence-corrected chi connectivity index (χ4v) is 3.79. The summed E-state index contributed by atoms with van der Waals surface area (Å²) in [6, 6.07) is 9.53. The van der Waals surface area contributed by atoms with E-state index in [0.717, 1.165) is 31.9 Å². The third kappa shape index (κ3) is 3.14. The quantitative estimate of drug-likeness (QED) is 0.671. The largest absolute Gasteiger partial charge is 0.369 e. The molecule has 2 aromatic carbocycles. The van der Waals surface area contributed by atoms with Gasteiger partial charge in [-0.1, -0.05) is 17.7 Å². The van der Waals surface area contributed by atoms with Gasteiger partial charge < -0.3 is 15.5 Å². The number of fused-ring (bicyclic) bond motifs is 3. The lowest BCUT2D eigenvalue weighted by Gasteiger charge is -2.30. The summed E-state index contributed by atoms with van der Waals surface area (Å²) in [6.45, 7) is 3.60. The monoisotopic (exact) mass is 414 g/mol. The van der Waals surface area contributed by atoms with Crippen molar-refractivity contribution in [3.05, 3.63) is 64.8 Å². The lowest BCUT2D eigenvalue weighted by atomic mass is 10.1. The van der Waals surface area contributed by atoms with Crippen molar-refractivity contribution in [2.75, 3.05) is 36.4 Å². The van der Waals surface area contributed by atoms with Crippen LogP contribution in [0.3, 0.4) is 0 Å². The minimum absolute atomic E-state index is 0.0397. The summed E-state index contributed by atoms with van der Waals surface area (Å²) in [5.41, 5.74) is 2.13. The predicted octanol–water partition coefficient (Wildman–Crippen LogP) is 3.72. The third-order valence-corrected chi connectivity index (χ3v) is 5.33. The van der Waals surface area contributed by atoms with Gasteiger partial charge >= 0.3 is 0 Å². The smallest absolute Gasteiger partial charge is 0.176 e. The Kier molecular flexibility index (Phi) is 4.44. The number of amidine groups is 1. The Bertz CT molecular complexity index is 1100. The van der Waals surface area contributed by atoms with Crippen LogP contribution in [0.1, 0.15) is 5.56 Å². The van der Waals surface area contributed by atoms with E-state index in [4.69, 9.17) is 11.6 Å². The molecule has 2 aliphatic heterocycles. The standard InChI is InChI=1S/C20H17ClF2N6/c21-13-11-25-29-17-10-12(28-8-6-24-7-9-28)4-5-16(17)26-19(27-20(13)29)18-14(22)2-1-3-15(18)23/h1-5,10-11,24H,6-9H2,(H,26,27). The van der Waals surface area contributed by atoms with Crippen molar-refractivity contribution in [1.82, 2.24) is 15.1 Å². The van der Waals surface area contributed by atoms with Crippen LogP contribution < -0.4 is 15.5 Å². The van der Waals surface area contributed by atoms with Crippen LogP contribution in [0.4, 0.5) is 26.0 Å². The summed E-state index contributed by atoms with van der Waals surface area (Å²) in [6.07, 6.45) is 1.47. The van der Waals surface area contributed by atoms with Crippen LogP contribution in [0.5, 0.6) is 0 Å². The molecule has 0 amide bonds. The Balaban J connectivity index is 1.66. The zero-order valence-electron chi connectivity index (χ0n) is 15.3. The van der Waals surface area contributed by atoms with E-state index in [1.807, 2.05) is 18.2 Å². The van der Waals surface area contributed by atoms with E-state index in [9.17, 15) is 8.78 Å². The SMILES string of the molecule is Fc1cccc(F)c1C1=Nc2c(Cl)cnn2-c2cc(N3CCNCC3)ccc2N1. The van der Waals surface area contributed by atoms with Crippen molar-refractivity contribution in [3.63, 3.8) is 0 Å². The summed E-state index contributed by atoms with van der Waals surface area (Å²) in [7, 11) is 0. The highest BCUT2D eigenvalue weighted by molar-refractivity contribution is 6.33. The van der Waals surface area contributed by atoms with Crippen molar-refractivity contribution in [1.29, 1.82) is 0 Å². The summed E-state index contributed by atoms with van der Waals surface area (Å²) in [5, 5.41) is 11.0. The van der Waals surface area contributed by atoms with E-state index in [-0.39, 0.29) is 11.4 Å². The van der Waals surface area contributed by atoms with Gasteiger partial charge in [0.2, 0.25) is 0 Å². The molecule has 0 saturated carbocycles. The molecule has 0 radical (unpaired) electrons. The molecule has 0 aliphatic carbocycles. The van der Waals surface area contributed by atoms with Gasteiger partial charge in [0.25, 0.3) is 0 Å². The average Bonchev–Trinajstić information content (AvgIpc) is 3.00. The highest BCUT2D eigenvalue weighted by Crippen LogP contribution is 2.36. The van der Waals surface area contributed by atoms with Crippen LogP contribution in [0.2, 0.25) is 5.02 Å². The molecule has 3 aromatic rings. The van der Waals surface area contributed by atoms with E-state index in [1.54, 1.807) is 4.68 Å².